The summed E-state index contributed by atoms with van der Waals surface area (Å²) in [5.74, 6) is 1.78. The first-order valence-corrected chi connectivity index (χ1v) is 20.1. The lowest BCUT2D eigenvalue weighted by Gasteiger charge is -2.34. The van der Waals surface area contributed by atoms with Crippen LogP contribution in [0.1, 0.15) is 0 Å². The summed E-state index contributed by atoms with van der Waals surface area (Å²) in [5.41, 5.74) is 11.0. The first-order valence-electron chi connectivity index (χ1n) is 19.3. The van der Waals surface area contributed by atoms with Crippen molar-refractivity contribution in [1.29, 1.82) is 0 Å². The Kier molecular flexibility index (Phi) is 7.36. The van der Waals surface area contributed by atoms with E-state index in [0.29, 0.717) is 17.5 Å². The van der Waals surface area contributed by atoms with Gasteiger partial charge in [-0.3, -0.25) is 0 Å². The van der Waals surface area contributed by atoms with Gasteiger partial charge in [0, 0.05) is 53.8 Å². The third-order valence-electron chi connectivity index (χ3n) is 11.0. The van der Waals surface area contributed by atoms with Crippen LogP contribution >= 0.6 is 11.8 Å². The molecular formula is C51H31N5OS. The SMILES string of the molecule is c1ccc(-c2nc(-c3ccccc3)nc(-c3cccc4c3oc3ccc(-n5c6ccccc6c6ccc7c(c65)N(c5ccccc5)c5ccccc5S7)cc34)n2)cc1. The number of benzene rings is 8. The fourth-order valence-electron chi connectivity index (χ4n) is 8.43. The van der Waals surface area contributed by atoms with E-state index in [9.17, 15) is 0 Å². The number of nitrogens with zero attached hydrogens (tertiary/aromatic N) is 5. The predicted molar refractivity (Wildman–Crippen MR) is 237 cm³/mol. The molecule has 8 aromatic carbocycles. The van der Waals surface area contributed by atoms with Crippen molar-refractivity contribution in [3.05, 3.63) is 188 Å². The minimum Gasteiger partial charge on any atom is -0.455 e. The highest BCUT2D eigenvalue weighted by Crippen LogP contribution is 2.55. The maximum absolute atomic E-state index is 6.76. The molecule has 6 nitrogen and oxygen atoms in total. The van der Waals surface area contributed by atoms with Gasteiger partial charge < -0.3 is 13.9 Å². The van der Waals surface area contributed by atoms with Crippen LogP contribution in [0.4, 0.5) is 17.1 Å². The molecule has 1 aliphatic heterocycles. The van der Waals surface area contributed by atoms with Gasteiger partial charge in [-0.25, -0.2) is 15.0 Å². The highest BCUT2D eigenvalue weighted by atomic mass is 32.2. The van der Waals surface area contributed by atoms with Gasteiger partial charge in [-0.05, 0) is 60.7 Å². The fourth-order valence-corrected chi connectivity index (χ4v) is 9.50. The van der Waals surface area contributed by atoms with Crippen LogP contribution < -0.4 is 4.90 Å². The van der Waals surface area contributed by atoms with E-state index in [4.69, 9.17) is 19.4 Å². The van der Waals surface area contributed by atoms with Gasteiger partial charge in [-0.2, -0.15) is 0 Å². The molecule has 0 atom stereocenters. The smallest absolute Gasteiger partial charge is 0.167 e. The summed E-state index contributed by atoms with van der Waals surface area (Å²) in [4.78, 5) is 19.9. The van der Waals surface area contributed by atoms with Crippen LogP contribution in [0.25, 0.3) is 83.6 Å². The molecule has 0 fully saturated rings. The van der Waals surface area contributed by atoms with Crippen molar-refractivity contribution < 1.29 is 4.42 Å². The van der Waals surface area contributed by atoms with Gasteiger partial charge in [0.25, 0.3) is 0 Å². The average Bonchev–Trinajstić information content (AvgIpc) is 3.84. The molecule has 272 valence electrons. The molecule has 3 aromatic heterocycles. The van der Waals surface area contributed by atoms with Crippen LogP contribution in [-0.2, 0) is 0 Å². The zero-order valence-electron chi connectivity index (χ0n) is 31.0. The molecule has 0 saturated carbocycles. The lowest BCUT2D eigenvalue weighted by Crippen LogP contribution is -2.16. The second-order valence-electron chi connectivity index (χ2n) is 14.4. The molecule has 4 heterocycles. The fraction of sp³-hybridized carbons (Fsp3) is 0. The van der Waals surface area contributed by atoms with Gasteiger partial charge in [0.1, 0.15) is 11.2 Å². The molecule has 0 spiro atoms. The number of rotatable bonds is 5. The van der Waals surface area contributed by atoms with Crippen molar-refractivity contribution in [2.75, 3.05) is 4.90 Å². The predicted octanol–water partition coefficient (Wildman–Crippen LogP) is 13.8. The van der Waals surface area contributed by atoms with Crippen molar-refractivity contribution >= 4 is 72.6 Å². The maximum Gasteiger partial charge on any atom is 0.167 e. The van der Waals surface area contributed by atoms with Gasteiger partial charge in [-0.15, -0.1) is 0 Å². The molecule has 58 heavy (non-hydrogen) atoms. The zero-order valence-corrected chi connectivity index (χ0v) is 31.8. The molecule has 0 unspecified atom stereocenters. The van der Waals surface area contributed by atoms with Gasteiger partial charge in [0.05, 0.1) is 28.0 Å². The molecule has 7 heteroatoms. The van der Waals surface area contributed by atoms with Crippen molar-refractivity contribution in [2.24, 2.45) is 0 Å². The van der Waals surface area contributed by atoms with Gasteiger partial charge in [0.15, 0.2) is 17.5 Å². The number of hydrogen-bond acceptors (Lipinski definition) is 6. The van der Waals surface area contributed by atoms with Gasteiger partial charge >= 0.3 is 0 Å². The second-order valence-corrected chi connectivity index (χ2v) is 15.5. The van der Waals surface area contributed by atoms with Gasteiger partial charge in [0.2, 0.25) is 0 Å². The minimum atomic E-state index is 0.561. The topological polar surface area (TPSA) is 60.0 Å². The monoisotopic (exact) mass is 761 g/mol. The Bertz CT molecular complexity index is 3320. The molecule has 0 amide bonds. The first kappa shape index (κ1) is 32.7. The Balaban J connectivity index is 1.09. The van der Waals surface area contributed by atoms with E-state index in [0.717, 1.165) is 61.0 Å². The van der Waals surface area contributed by atoms with Crippen molar-refractivity contribution in [3.8, 4) is 39.9 Å². The maximum atomic E-state index is 6.76. The molecule has 0 aliphatic carbocycles. The van der Waals surface area contributed by atoms with Crippen LogP contribution in [0.15, 0.2) is 202 Å². The lowest BCUT2D eigenvalue weighted by molar-refractivity contribution is 0.669. The number of fused-ring (bicyclic) bond motifs is 9. The first-order chi connectivity index (χ1) is 28.8. The third-order valence-corrected chi connectivity index (χ3v) is 12.1. The molecule has 0 bridgehead atoms. The number of aromatic nitrogens is 4. The van der Waals surface area contributed by atoms with E-state index in [2.05, 4.69) is 131 Å². The summed E-state index contributed by atoms with van der Waals surface area (Å²) in [5, 5.41) is 4.42. The van der Waals surface area contributed by atoms with Crippen molar-refractivity contribution in [3.63, 3.8) is 0 Å². The Morgan fingerprint density at radius 2 is 1.10 bits per heavy atom. The molecule has 11 aromatic rings. The van der Waals surface area contributed by atoms with Crippen LogP contribution in [0, 0.1) is 0 Å². The largest absolute Gasteiger partial charge is 0.455 e. The summed E-state index contributed by atoms with van der Waals surface area (Å²) < 4.78 is 9.19. The van der Waals surface area contributed by atoms with Crippen LogP contribution in [0.5, 0.6) is 0 Å². The summed E-state index contributed by atoms with van der Waals surface area (Å²) >= 11 is 1.83. The van der Waals surface area contributed by atoms with Crippen molar-refractivity contribution in [1.82, 2.24) is 19.5 Å². The highest BCUT2D eigenvalue weighted by molar-refractivity contribution is 7.99. The van der Waals surface area contributed by atoms with Crippen LogP contribution in [0.2, 0.25) is 0 Å². The Hall–Kier alpha value is -7.48. The molecule has 1 aliphatic rings. The highest BCUT2D eigenvalue weighted by Gasteiger charge is 2.30. The number of para-hydroxylation sites is 4. The van der Waals surface area contributed by atoms with E-state index >= 15 is 0 Å². The zero-order chi connectivity index (χ0) is 38.2. The van der Waals surface area contributed by atoms with Crippen molar-refractivity contribution in [2.45, 2.75) is 9.79 Å². The number of anilines is 3. The van der Waals surface area contributed by atoms with E-state index in [1.807, 2.05) is 78.5 Å². The van der Waals surface area contributed by atoms with E-state index < -0.39 is 0 Å². The molecule has 0 saturated heterocycles. The Morgan fingerprint density at radius 1 is 0.448 bits per heavy atom. The Morgan fingerprint density at radius 3 is 1.88 bits per heavy atom. The quantitative estimate of drug-likeness (QED) is 0.174. The van der Waals surface area contributed by atoms with E-state index in [1.165, 1.54) is 31.9 Å². The normalized spacial score (nSPS) is 12.4. The van der Waals surface area contributed by atoms with Crippen LogP contribution in [-0.4, -0.2) is 19.5 Å². The standard InChI is InChI=1S/C51H31N5OS/c1-4-15-32(16-5-1)49-52-50(33-17-6-2-7-18-33)54-51(53-49)39-23-14-22-38-40-31-35(27-29-43(40)57-48(38)39)56-41-24-11-10-21-36(41)37-28-30-45-47(46(37)56)55(34-19-8-3-9-20-34)42-25-12-13-26-44(42)58-45/h1-31H. The molecule has 0 radical (unpaired) electrons. The summed E-state index contributed by atoms with van der Waals surface area (Å²) in [6.45, 7) is 0. The third kappa shape index (κ3) is 5.10. The van der Waals surface area contributed by atoms with Gasteiger partial charge in [-0.1, -0.05) is 139 Å². The second kappa shape index (κ2) is 13.0. The lowest BCUT2D eigenvalue weighted by atomic mass is 10.1. The average molecular weight is 762 g/mol. The molecular weight excluding hydrogens is 731 g/mol. The minimum absolute atomic E-state index is 0.561. The van der Waals surface area contributed by atoms with E-state index in [-0.39, 0.29) is 0 Å². The number of furan rings is 1. The number of hydrogen-bond donors (Lipinski definition) is 0. The summed E-state index contributed by atoms with van der Waals surface area (Å²) in [6.07, 6.45) is 0. The Labute approximate surface area is 337 Å². The summed E-state index contributed by atoms with van der Waals surface area (Å²) in [6, 6.07) is 65.6. The summed E-state index contributed by atoms with van der Waals surface area (Å²) in [7, 11) is 0. The van der Waals surface area contributed by atoms with Crippen LogP contribution in [0.3, 0.4) is 0 Å². The molecule has 0 N–H and O–H groups in total. The molecule has 12 rings (SSSR count). The van der Waals surface area contributed by atoms with E-state index in [1.54, 1.807) is 0 Å².